The van der Waals surface area contributed by atoms with Crippen molar-refractivity contribution in [1.29, 1.82) is 0 Å². The highest BCUT2D eigenvalue weighted by Gasteiger charge is 2.26. The van der Waals surface area contributed by atoms with Gasteiger partial charge in [0.1, 0.15) is 0 Å². The van der Waals surface area contributed by atoms with Crippen LogP contribution in [0.2, 0.25) is 0 Å². The van der Waals surface area contributed by atoms with E-state index >= 15 is 0 Å². The molecule has 0 aromatic heterocycles. The van der Waals surface area contributed by atoms with Crippen molar-refractivity contribution in [3.8, 4) is 0 Å². The molecule has 1 aromatic carbocycles. The van der Waals surface area contributed by atoms with E-state index in [2.05, 4.69) is 25.1 Å². The molecule has 2 aliphatic carbocycles. The predicted octanol–water partition coefficient (Wildman–Crippen LogP) is 4.00. The molecule has 1 aromatic rings. The molecule has 0 bridgehead atoms. The van der Waals surface area contributed by atoms with Gasteiger partial charge in [-0.25, -0.2) is 0 Å². The van der Waals surface area contributed by atoms with E-state index < -0.39 is 0 Å². The highest BCUT2D eigenvalue weighted by molar-refractivity contribution is 5.40. The number of fused-ring (bicyclic) bond motifs is 1. The fourth-order valence-corrected chi connectivity index (χ4v) is 2.82. The second-order valence-electron chi connectivity index (χ2n) is 4.88. The molecule has 1 fully saturated rings. The first-order valence-corrected chi connectivity index (χ1v) is 6.01. The van der Waals surface area contributed by atoms with Crippen molar-refractivity contribution in [2.45, 2.75) is 50.9 Å². The Kier molecular flexibility index (Phi) is 1.90. The third kappa shape index (κ3) is 1.28. The zero-order chi connectivity index (χ0) is 9.54. The number of aryl methyl sites for hydroxylation is 1. The highest BCUT2D eigenvalue weighted by atomic mass is 14.3. The summed E-state index contributed by atoms with van der Waals surface area (Å²) in [6.07, 6.45) is 6.89. The standard InChI is InChI=1S/C14H18/c1-2-10-3-6-13-9-12(11-4-5-11)7-8-14(10)13/h7-11H,2-6H2,1H3. The van der Waals surface area contributed by atoms with Gasteiger partial charge in [-0.1, -0.05) is 25.1 Å². The molecule has 0 saturated heterocycles. The molecule has 0 spiro atoms. The molecule has 0 aliphatic heterocycles. The lowest BCUT2D eigenvalue weighted by Gasteiger charge is -2.08. The van der Waals surface area contributed by atoms with Gasteiger partial charge in [-0.2, -0.15) is 0 Å². The Labute approximate surface area is 86.3 Å². The zero-order valence-corrected chi connectivity index (χ0v) is 8.92. The molecular weight excluding hydrogens is 168 g/mol. The first kappa shape index (κ1) is 8.52. The molecule has 1 atom stereocenters. The van der Waals surface area contributed by atoms with E-state index in [1.54, 1.807) is 16.7 Å². The van der Waals surface area contributed by atoms with Crippen molar-refractivity contribution in [2.75, 3.05) is 0 Å². The quantitative estimate of drug-likeness (QED) is 0.654. The molecule has 2 aliphatic rings. The average Bonchev–Trinajstić information content (AvgIpc) is 2.98. The van der Waals surface area contributed by atoms with Crippen molar-refractivity contribution in [3.05, 3.63) is 34.9 Å². The van der Waals surface area contributed by atoms with Crippen molar-refractivity contribution in [3.63, 3.8) is 0 Å². The van der Waals surface area contributed by atoms with Crippen LogP contribution in [0.3, 0.4) is 0 Å². The topological polar surface area (TPSA) is 0 Å². The van der Waals surface area contributed by atoms with Crippen LogP contribution >= 0.6 is 0 Å². The molecule has 0 heteroatoms. The lowest BCUT2D eigenvalue weighted by atomic mass is 9.97. The van der Waals surface area contributed by atoms with Gasteiger partial charge in [0, 0.05) is 0 Å². The molecule has 0 nitrogen and oxygen atoms in total. The van der Waals surface area contributed by atoms with E-state index in [4.69, 9.17) is 0 Å². The van der Waals surface area contributed by atoms with Gasteiger partial charge in [0.15, 0.2) is 0 Å². The van der Waals surface area contributed by atoms with Crippen LogP contribution in [0.15, 0.2) is 18.2 Å². The van der Waals surface area contributed by atoms with Crippen LogP contribution in [0.1, 0.15) is 61.1 Å². The molecule has 14 heavy (non-hydrogen) atoms. The van der Waals surface area contributed by atoms with Crippen molar-refractivity contribution in [2.24, 2.45) is 0 Å². The third-order valence-corrected chi connectivity index (χ3v) is 3.91. The van der Waals surface area contributed by atoms with E-state index in [1.807, 2.05) is 0 Å². The number of hydrogen-bond donors (Lipinski definition) is 0. The molecule has 1 saturated carbocycles. The van der Waals surface area contributed by atoms with E-state index in [-0.39, 0.29) is 0 Å². The van der Waals surface area contributed by atoms with Crippen LogP contribution in [-0.2, 0) is 6.42 Å². The van der Waals surface area contributed by atoms with Gasteiger partial charge >= 0.3 is 0 Å². The minimum atomic E-state index is 0.859. The van der Waals surface area contributed by atoms with Gasteiger partial charge in [0.25, 0.3) is 0 Å². The minimum Gasteiger partial charge on any atom is -0.0648 e. The molecule has 1 unspecified atom stereocenters. The van der Waals surface area contributed by atoms with Gasteiger partial charge in [0.05, 0.1) is 0 Å². The van der Waals surface area contributed by atoms with Crippen LogP contribution in [-0.4, -0.2) is 0 Å². The molecule has 0 N–H and O–H groups in total. The monoisotopic (exact) mass is 186 g/mol. The number of rotatable bonds is 2. The maximum absolute atomic E-state index is 2.49. The van der Waals surface area contributed by atoms with Gasteiger partial charge < -0.3 is 0 Å². The second kappa shape index (κ2) is 3.12. The SMILES string of the molecule is CCC1CCc2cc(C3CC3)ccc21. The first-order valence-electron chi connectivity index (χ1n) is 6.01. The van der Waals surface area contributed by atoms with Crippen molar-refractivity contribution < 1.29 is 0 Å². The van der Waals surface area contributed by atoms with Gasteiger partial charge in [0.2, 0.25) is 0 Å². The summed E-state index contributed by atoms with van der Waals surface area (Å²) in [5.74, 6) is 1.78. The van der Waals surface area contributed by atoms with E-state index in [9.17, 15) is 0 Å². The maximum Gasteiger partial charge on any atom is -0.0159 e. The fourth-order valence-electron chi connectivity index (χ4n) is 2.82. The average molecular weight is 186 g/mol. The maximum atomic E-state index is 2.49. The Balaban J connectivity index is 1.96. The second-order valence-corrected chi connectivity index (χ2v) is 4.88. The molecular formula is C14H18. The summed E-state index contributed by atoms with van der Waals surface area (Å²) in [5, 5.41) is 0. The zero-order valence-electron chi connectivity index (χ0n) is 8.92. The van der Waals surface area contributed by atoms with Crippen molar-refractivity contribution in [1.82, 2.24) is 0 Å². The number of hydrogen-bond acceptors (Lipinski definition) is 0. The van der Waals surface area contributed by atoms with Crippen LogP contribution in [0.25, 0.3) is 0 Å². The lowest BCUT2D eigenvalue weighted by molar-refractivity contribution is 0.656. The third-order valence-electron chi connectivity index (χ3n) is 3.91. The van der Waals surface area contributed by atoms with E-state index in [1.165, 1.54) is 32.1 Å². The Morgan fingerprint density at radius 1 is 1.21 bits per heavy atom. The summed E-state index contributed by atoms with van der Waals surface area (Å²) in [7, 11) is 0. The predicted molar refractivity (Wildman–Crippen MR) is 59.8 cm³/mol. The van der Waals surface area contributed by atoms with Gasteiger partial charge in [-0.05, 0) is 60.6 Å². The van der Waals surface area contributed by atoms with Gasteiger partial charge in [-0.15, -0.1) is 0 Å². The summed E-state index contributed by atoms with van der Waals surface area (Å²) in [5.41, 5.74) is 4.92. The minimum absolute atomic E-state index is 0.859. The Morgan fingerprint density at radius 3 is 2.79 bits per heavy atom. The molecule has 0 amide bonds. The summed E-state index contributed by atoms with van der Waals surface area (Å²) < 4.78 is 0. The smallest absolute Gasteiger partial charge is 0.0159 e. The molecule has 3 rings (SSSR count). The lowest BCUT2D eigenvalue weighted by Crippen LogP contribution is -1.91. The van der Waals surface area contributed by atoms with Crippen LogP contribution in [0.5, 0.6) is 0 Å². The van der Waals surface area contributed by atoms with Crippen molar-refractivity contribution >= 4 is 0 Å². The van der Waals surface area contributed by atoms with Gasteiger partial charge in [-0.3, -0.25) is 0 Å². The summed E-state index contributed by atoms with van der Waals surface area (Å²) in [6, 6.07) is 7.28. The highest BCUT2D eigenvalue weighted by Crippen LogP contribution is 2.43. The number of benzene rings is 1. The molecule has 74 valence electrons. The summed E-state index contributed by atoms with van der Waals surface area (Å²) in [4.78, 5) is 0. The first-order chi connectivity index (χ1) is 6.88. The van der Waals surface area contributed by atoms with E-state index in [0.29, 0.717) is 0 Å². The van der Waals surface area contributed by atoms with Crippen LogP contribution in [0.4, 0.5) is 0 Å². The van der Waals surface area contributed by atoms with Crippen LogP contribution < -0.4 is 0 Å². The largest absolute Gasteiger partial charge is 0.0648 e. The summed E-state index contributed by atoms with van der Waals surface area (Å²) >= 11 is 0. The summed E-state index contributed by atoms with van der Waals surface area (Å²) in [6.45, 7) is 2.31. The fraction of sp³-hybridized carbons (Fsp3) is 0.571. The Morgan fingerprint density at radius 2 is 2.07 bits per heavy atom. The van der Waals surface area contributed by atoms with E-state index in [0.717, 1.165) is 11.8 Å². The molecule has 0 heterocycles. The Bertz CT molecular complexity index is 347. The van der Waals surface area contributed by atoms with Crippen LogP contribution in [0, 0.1) is 0 Å². The molecule has 0 radical (unpaired) electrons. The normalized spacial score (nSPS) is 25.1. The Hall–Kier alpha value is -0.780.